The maximum atomic E-state index is 5.92. The molecule has 0 saturated heterocycles. The van der Waals surface area contributed by atoms with E-state index in [0.29, 0.717) is 0 Å². The second-order valence-corrected chi connectivity index (χ2v) is 5.95. The molecule has 0 atom stereocenters. The third kappa shape index (κ3) is 3.78. The van der Waals surface area contributed by atoms with E-state index in [1.165, 1.54) is 10.6 Å². The van der Waals surface area contributed by atoms with Gasteiger partial charge in [0.25, 0.3) is 0 Å². The summed E-state index contributed by atoms with van der Waals surface area (Å²) < 4.78 is 0. The van der Waals surface area contributed by atoms with Crippen LogP contribution in [0.15, 0.2) is 24.3 Å². The van der Waals surface area contributed by atoms with Gasteiger partial charge >= 0.3 is 0 Å². The lowest BCUT2D eigenvalue weighted by atomic mass is 10.2. The molecule has 1 aromatic heterocycles. The molecule has 4 heteroatoms. The maximum absolute atomic E-state index is 5.92. The Bertz CT molecular complexity index is 519. The van der Waals surface area contributed by atoms with Crippen LogP contribution >= 0.6 is 22.9 Å². The summed E-state index contributed by atoms with van der Waals surface area (Å²) in [7, 11) is 0. The largest absolute Gasteiger partial charge is 0.312 e. The average molecular weight is 295 g/mol. The molecule has 0 fully saturated rings. The minimum atomic E-state index is 0.765. The van der Waals surface area contributed by atoms with Gasteiger partial charge in [-0.05, 0) is 31.5 Å². The molecule has 2 rings (SSSR count). The lowest BCUT2D eigenvalue weighted by molar-refractivity contribution is 0.677. The highest BCUT2D eigenvalue weighted by Crippen LogP contribution is 2.29. The Labute approximate surface area is 123 Å². The lowest BCUT2D eigenvalue weighted by Gasteiger charge is -2.01. The van der Waals surface area contributed by atoms with Crippen molar-refractivity contribution in [2.75, 3.05) is 6.54 Å². The molecule has 1 aromatic carbocycles. The van der Waals surface area contributed by atoms with Gasteiger partial charge in [-0.1, -0.05) is 37.6 Å². The van der Waals surface area contributed by atoms with E-state index in [-0.39, 0.29) is 0 Å². The van der Waals surface area contributed by atoms with Crippen LogP contribution in [0.5, 0.6) is 0 Å². The van der Waals surface area contributed by atoms with Crippen molar-refractivity contribution < 1.29 is 0 Å². The van der Waals surface area contributed by atoms with Gasteiger partial charge in [0.05, 0.1) is 5.69 Å². The first-order valence-electron chi connectivity index (χ1n) is 6.69. The van der Waals surface area contributed by atoms with Crippen molar-refractivity contribution in [3.8, 4) is 10.6 Å². The molecule has 0 aliphatic heterocycles. The Hall–Kier alpha value is -0.900. The highest BCUT2D eigenvalue weighted by atomic mass is 35.5. The zero-order chi connectivity index (χ0) is 13.7. The van der Waals surface area contributed by atoms with Gasteiger partial charge in [0.1, 0.15) is 5.01 Å². The average Bonchev–Trinajstić information content (AvgIpc) is 2.83. The van der Waals surface area contributed by atoms with E-state index in [2.05, 4.69) is 19.2 Å². The Kier molecular flexibility index (Phi) is 5.37. The van der Waals surface area contributed by atoms with E-state index in [1.54, 1.807) is 11.3 Å². The Morgan fingerprint density at radius 1 is 1.21 bits per heavy atom. The van der Waals surface area contributed by atoms with Crippen LogP contribution in [0.3, 0.4) is 0 Å². The smallest absolute Gasteiger partial charge is 0.123 e. The van der Waals surface area contributed by atoms with Crippen molar-refractivity contribution in [1.29, 1.82) is 0 Å². The fourth-order valence-corrected chi connectivity index (χ4v) is 3.14. The first-order valence-corrected chi connectivity index (χ1v) is 7.89. The molecule has 0 spiro atoms. The molecule has 0 saturated carbocycles. The minimum absolute atomic E-state index is 0.765. The fourth-order valence-electron chi connectivity index (χ4n) is 1.89. The van der Waals surface area contributed by atoms with Gasteiger partial charge in [0, 0.05) is 22.0 Å². The van der Waals surface area contributed by atoms with Gasteiger partial charge < -0.3 is 5.32 Å². The molecule has 0 unspecified atom stereocenters. The topological polar surface area (TPSA) is 24.9 Å². The van der Waals surface area contributed by atoms with Crippen LogP contribution in [0.4, 0.5) is 0 Å². The quantitative estimate of drug-likeness (QED) is 0.792. The van der Waals surface area contributed by atoms with E-state index in [0.717, 1.165) is 41.5 Å². The summed E-state index contributed by atoms with van der Waals surface area (Å²) in [4.78, 5) is 6.09. The number of thiazole rings is 1. The second-order valence-electron chi connectivity index (χ2n) is 4.43. The van der Waals surface area contributed by atoms with Crippen LogP contribution < -0.4 is 5.32 Å². The van der Waals surface area contributed by atoms with Gasteiger partial charge in [0.15, 0.2) is 0 Å². The standard InChI is InChI=1S/C15H19ClN2S/c1-3-9-17-10-14-13(4-2)18-15(19-14)11-5-7-12(16)8-6-11/h5-8,17H,3-4,9-10H2,1-2H3. The zero-order valence-electron chi connectivity index (χ0n) is 11.4. The highest BCUT2D eigenvalue weighted by molar-refractivity contribution is 7.15. The first-order chi connectivity index (χ1) is 9.24. The number of nitrogens with zero attached hydrogens (tertiary/aromatic N) is 1. The molecule has 2 aromatic rings. The molecule has 19 heavy (non-hydrogen) atoms. The summed E-state index contributed by atoms with van der Waals surface area (Å²) in [5, 5.41) is 5.30. The molecule has 2 nitrogen and oxygen atoms in total. The van der Waals surface area contributed by atoms with Gasteiger partial charge in [-0.25, -0.2) is 4.98 Å². The summed E-state index contributed by atoms with van der Waals surface area (Å²) in [6, 6.07) is 7.89. The van der Waals surface area contributed by atoms with E-state index in [1.807, 2.05) is 24.3 Å². The monoisotopic (exact) mass is 294 g/mol. The predicted molar refractivity (Wildman–Crippen MR) is 83.9 cm³/mol. The van der Waals surface area contributed by atoms with Crippen LogP contribution in [-0.4, -0.2) is 11.5 Å². The van der Waals surface area contributed by atoms with Crippen LogP contribution in [0, 0.1) is 0 Å². The number of aromatic nitrogens is 1. The molecular weight excluding hydrogens is 276 g/mol. The number of rotatable bonds is 6. The van der Waals surface area contributed by atoms with Crippen molar-refractivity contribution in [3.63, 3.8) is 0 Å². The number of benzene rings is 1. The number of hydrogen-bond acceptors (Lipinski definition) is 3. The molecule has 0 aliphatic carbocycles. The number of halogens is 1. The molecule has 0 aliphatic rings. The van der Waals surface area contributed by atoms with Gasteiger partial charge in [0.2, 0.25) is 0 Å². The van der Waals surface area contributed by atoms with Crippen molar-refractivity contribution in [2.45, 2.75) is 33.2 Å². The van der Waals surface area contributed by atoms with Crippen LogP contribution in [0.1, 0.15) is 30.8 Å². The van der Waals surface area contributed by atoms with E-state index in [4.69, 9.17) is 16.6 Å². The SMILES string of the molecule is CCCNCc1sc(-c2ccc(Cl)cc2)nc1CC. The second kappa shape index (κ2) is 7.04. The molecule has 0 radical (unpaired) electrons. The number of hydrogen-bond donors (Lipinski definition) is 1. The number of nitrogens with one attached hydrogen (secondary N) is 1. The predicted octanol–water partition coefficient (Wildman–Crippen LogP) is 4.53. The Balaban J connectivity index is 2.20. The Morgan fingerprint density at radius 2 is 1.95 bits per heavy atom. The van der Waals surface area contributed by atoms with Crippen molar-refractivity contribution in [2.24, 2.45) is 0 Å². The highest BCUT2D eigenvalue weighted by Gasteiger charge is 2.10. The summed E-state index contributed by atoms with van der Waals surface area (Å²) in [5.74, 6) is 0. The van der Waals surface area contributed by atoms with Crippen molar-refractivity contribution in [1.82, 2.24) is 10.3 Å². The third-order valence-corrected chi connectivity index (χ3v) is 4.32. The molecule has 1 N–H and O–H groups in total. The molecule has 1 heterocycles. The van der Waals surface area contributed by atoms with Crippen molar-refractivity contribution >= 4 is 22.9 Å². The normalized spacial score (nSPS) is 10.9. The summed E-state index contributed by atoms with van der Waals surface area (Å²) in [6.45, 7) is 6.31. The molecular formula is C15H19ClN2S. The molecule has 102 valence electrons. The van der Waals surface area contributed by atoms with E-state index >= 15 is 0 Å². The maximum Gasteiger partial charge on any atom is 0.123 e. The van der Waals surface area contributed by atoms with Gasteiger partial charge in [-0.3, -0.25) is 0 Å². The van der Waals surface area contributed by atoms with Gasteiger partial charge in [-0.15, -0.1) is 11.3 Å². The number of aryl methyl sites for hydroxylation is 1. The van der Waals surface area contributed by atoms with Crippen LogP contribution in [0.2, 0.25) is 5.02 Å². The fraction of sp³-hybridized carbons (Fsp3) is 0.400. The summed E-state index contributed by atoms with van der Waals surface area (Å²) in [5.41, 5.74) is 2.35. The molecule has 0 amide bonds. The first kappa shape index (κ1) is 14.5. The van der Waals surface area contributed by atoms with Crippen LogP contribution in [0.25, 0.3) is 10.6 Å². The van der Waals surface area contributed by atoms with E-state index in [9.17, 15) is 0 Å². The summed E-state index contributed by atoms with van der Waals surface area (Å²) >= 11 is 7.70. The summed E-state index contributed by atoms with van der Waals surface area (Å²) in [6.07, 6.45) is 2.14. The van der Waals surface area contributed by atoms with Crippen molar-refractivity contribution in [3.05, 3.63) is 39.9 Å². The van der Waals surface area contributed by atoms with Gasteiger partial charge in [-0.2, -0.15) is 0 Å². The zero-order valence-corrected chi connectivity index (χ0v) is 12.9. The van der Waals surface area contributed by atoms with E-state index < -0.39 is 0 Å². The third-order valence-electron chi connectivity index (χ3n) is 2.92. The minimum Gasteiger partial charge on any atom is -0.312 e. The lowest BCUT2D eigenvalue weighted by Crippen LogP contribution is -2.13. The molecule has 0 bridgehead atoms. The Morgan fingerprint density at radius 3 is 2.58 bits per heavy atom. The van der Waals surface area contributed by atoms with Crippen LogP contribution in [-0.2, 0) is 13.0 Å².